The molecule has 1 aliphatic rings. The van der Waals surface area contributed by atoms with Crippen molar-refractivity contribution in [2.45, 2.75) is 32.3 Å². The number of rotatable bonds is 5. The molecule has 1 N–H and O–H groups in total. The van der Waals surface area contributed by atoms with Gasteiger partial charge in [-0.25, -0.2) is 4.98 Å². The first-order valence-electron chi connectivity index (χ1n) is 7.62. The molecule has 0 bridgehead atoms. The van der Waals surface area contributed by atoms with Crippen LogP contribution >= 0.6 is 0 Å². The van der Waals surface area contributed by atoms with Crippen LogP contribution in [0.2, 0.25) is 0 Å². The maximum absolute atomic E-state index is 12.0. The van der Waals surface area contributed by atoms with E-state index in [1.807, 2.05) is 37.3 Å². The van der Waals surface area contributed by atoms with E-state index in [1.54, 1.807) is 0 Å². The predicted molar refractivity (Wildman–Crippen MR) is 82.4 cm³/mol. The molecule has 5 nitrogen and oxygen atoms in total. The molecular weight excluding hydrogens is 280 g/mol. The van der Waals surface area contributed by atoms with Crippen LogP contribution in [0.1, 0.15) is 24.3 Å². The minimum Gasteiger partial charge on any atom is -0.440 e. The molecule has 5 heteroatoms. The maximum Gasteiger partial charge on any atom is 0.227 e. The van der Waals surface area contributed by atoms with E-state index >= 15 is 0 Å². The first kappa shape index (κ1) is 14.8. The normalized spacial score (nSPS) is 17.6. The Morgan fingerprint density at radius 3 is 2.91 bits per heavy atom. The molecule has 0 aliphatic carbocycles. The summed E-state index contributed by atoms with van der Waals surface area (Å²) in [5.74, 6) is 1.11. The third-order valence-corrected chi connectivity index (χ3v) is 3.79. The van der Waals surface area contributed by atoms with Crippen LogP contribution < -0.4 is 5.32 Å². The molecule has 1 fully saturated rings. The number of aryl methyl sites for hydroxylation is 1. The molecule has 116 valence electrons. The molecule has 1 aromatic heterocycles. The second-order valence-corrected chi connectivity index (χ2v) is 5.51. The van der Waals surface area contributed by atoms with Gasteiger partial charge >= 0.3 is 0 Å². The van der Waals surface area contributed by atoms with Crippen molar-refractivity contribution in [1.29, 1.82) is 0 Å². The van der Waals surface area contributed by atoms with Crippen LogP contribution in [-0.4, -0.2) is 30.1 Å². The lowest BCUT2D eigenvalue weighted by molar-refractivity contribution is -0.121. The van der Waals surface area contributed by atoms with E-state index in [-0.39, 0.29) is 18.4 Å². The van der Waals surface area contributed by atoms with Crippen LogP contribution in [0.25, 0.3) is 11.5 Å². The van der Waals surface area contributed by atoms with Gasteiger partial charge in [-0.3, -0.25) is 4.79 Å². The quantitative estimate of drug-likeness (QED) is 0.921. The highest BCUT2D eigenvalue weighted by Gasteiger charge is 2.18. The number of hydrogen-bond acceptors (Lipinski definition) is 4. The minimum atomic E-state index is -0.0608. The molecule has 0 spiro atoms. The number of ether oxygens (including phenoxy) is 1. The van der Waals surface area contributed by atoms with Crippen molar-refractivity contribution in [3.8, 4) is 11.5 Å². The van der Waals surface area contributed by atoms with E-state index in [0.717, 1.165) is 30.7 Å². The zero-order chi connectivity index (χ0) is 15.4. The molecule has 1 atom stereocenters. The fourth-order valence-corrected chi connectivity index (χ4v) is 2.54. The lowest BCUT2D eigenvalue weighted by Gasteiger charge is -2.10. The summed E-state index contributed by atoms with van der Waals surface area (Å²) in [6.45, 7) is 3.22. The molecule has 2 aromatic rings. The second-order valence-electron chi connectivity index (χ2n) is 5.51. The van der Waals surface area contributed by atoms with Crippen molar-refractivity contribution in [3.05, 3.63) is 41.8 Å². The average molecular weight is 300 g/mol. The van der Waals surface area contributed by atoms with Gasteiger partial charge < -0.3 is 14.5 Å². The van der Waals surface area contributed by atoms with E-state index in [4.69, 9.17) is 9.15 Å². The Morgan fingerprint density at radius 2 is 2.18 bits per heavy atom. The van der Waals surface area contributed by atoms with Gasteiger partial charge in [-0.15, -0.1) is 0 Å². The van der Waals surface area contributed by atoms with E-state index < -0.39 is 0 Å². The lowest BCUT2D eigenvalue weighted by atomic mass is 10.2. The first-order chi connectivity index (χ1) is 10.7. The number of carbonyl (C=O) groups excluding carboxylic acids is 1. The lowest BCUT2D eigenvalue weighted by Crippen LogP contribution is -2.32. The van der Waals surface area contributed by atoms with Crippen molar-refractivity contribution < 1.29 is 13.9 Å². The van der Waals surface area contributed by atoms with E-state index in [0.29, 0.717) is 18.2 Å². The highest BCUT2D eigenvalue weighted by atomic mass is 16.5. The number of oxazole rings is 1. The van der Waals surface area contributed by atoms with Crippen molar-refractivity contribution in [3.63, 3.8) is 0 Å². The Labute approximate surface area is 129 Å². The summed E-state index contributed by atoms with van der Waals surface area (Å²) in [6, 6.07) is 9.68. The van der Waals surface area contributed by atoms with Gasteiger partial charge in [-0.2, -0.15) is 0 Å². The zero-order valence-corrected chi connectivity index (χ0v) is 12.7. The molecule has 1 aromatic carbocycles. The number of hydrogen-bond donors (Lipinski definition) is 1. The number of nitrogens with zero attached hydrogens (tertiary/aromatic N) is 1. The number of nitrogens with one attached hydrogen (secondary N) is 1. The van der Waals surface area contributed by atoms with E-state index in [2.05, 4.69) is 10.3 Å². The van der Waals surface area contributed by atoms with Gasteiger partial charge in [-0.1, -0.05) is 18.2 Å². The SMILES string of the molecule is Cc1nc(-c2ccccc2)oc1CC(=O)NCC1CCCO1. The largest absolute Gasteiger partial charge is 0.440 e. The Hall–Kier alpha value is -2.14. The van der Waals surface area contributed by atoms with Crippen LogP contribution in [-0.2, 0) is 16.0 Å². The van der Waals surface area contributed by atoms with E-state index in [9.17, 15) is 4.79 Å². The van der Waals surface area contributed by atoms with Crippen LogP contribution in [0.3, 0.4) is 0 Å². The monoisotopic (exact) mass is 300 g/mol. The first-order valence-corrected chi connectivity index (χ1v) is 7.62. The Balaban J connectivity index is 1.60. The van der Waals surface area contributed by atoms with Crippen LogP contribution in [0, 0.1) is 6.92 Å². The number of carbonyl (C=O) groups is 1. The number of benzene rings is 1. The molecule has 0 radical (unpaired) electrons. The highest BCUT2D eigenvalue weighted by molar-refractivity contribution is 5.78. The van der Waals surface area contributed by atoms with Crippen LogP contribution in [0.5, 0.6) is 0 Å². The summed E-state index contributed by atoms with van der Waals surface area (Å²) < 4.78 is 11.2. The van der Waals surface area contributed by atoms with Gasteiger partial charge in [0.1, 0.15) is 5.76 Å². The van der Waals surface area contributed by atoms with Gasteiger partial charge in [0.15, 0.2) is 0 Å². The van der Waals surface area contributed by atoms with Crippen molar-refractivity contribution >= 4 is 5.91 Å². The second kappa shape index (κ2) is 6.75. The zero-order valence-electron chi connectivity index (χ0n) is 12.7. The maximum atomic E-state index is 12.0. The van der Waals surface area contributed by atoms with Gasteiger partial charge in [-0.05, 0) is 31.9 Å². The smallest absolute Gasteiger partial charge is 0.227 e. The highest BCUT2D eigenvalue weighted by Crippen LogP contribution is 2.21. The van der Waals surface area contributed by atoms with Crippen molar-refractivity contribution in [2.24, 2.45) is 0 Å². The summed E-state index contributed by atoms with van der Waals surface area (Å²) in [5, 5.41) is 2.90. The van der Waals surface area contributed by atoms with Gasteiger partial charge in [0.05, 0.1) is 18.2 Å². The standard InChI is InChI=1S/C17H20N2O3/c1-12-15(10-16(20)18-11-14-8-5-9-21-14)22-17(19-12)13-6-3-2-4-7-13/h2-4,6-7,14H,5,8-11H2,1H3,(H,18,20). The molecule has 1 amide bonds. The third-order valence-electron chi connectivity index (χ3n) is 3.79. The summed E-state index contributed by atoms with van der Waals surface area (Å²) in [6.07, 6.45) is 2.44. The molecule has 2 heterocycles. The molecular formula is C17H20N2O3. The summed E-state index contributed by atoms with van der Waals surface area (Å²) in [7, 11) is 0. The van der Waals surface area contributed by atoms with Crippen molar-refractivity contribution in [1.82, 2.24) is 10.3 Å². The van der Waals surface area contributed by atoms with Crippen molar-refractivity contribution in [2.75, 3.05) is 13.2 Å². The van der Waals surface area contributed by atoms with Crippen LogP contribution in [0.4, 0.5) is 0 Å². The topological polar surface area (TPSA) is 64.4 Å². The summed E-state index contributed by atoms with van der Waals surface area (Å²) >= 11 is 0. The minimum absolute atomic E-state index is 0.0608. The molecule has 1 unspecified atom stereocenters. The van der Waals surface area contributed by atoms with Gasteiger partial charge in [0.25, 0.3) is 0 Å². The van der Waals surface area contributed by atoms with Crippen LogP contribution in [0.15, 0.2) is 34.7 Å². The Morgan fingerprint density at radius 1 is 1.36 bits per heavy atom. The summed E-state index contributed by atoms with van der Waals surface area (Å²) in [4.78, 5) is 16.4. The fraction of sp³-hybridized carbons (Fsp3) is 0.412. The third kappa shape index (κ3) is 3.54. The Bertz CT molecular complexity index is 631. The summed E-state index contributed by atoms with van der Waals surface area (Å²) in [5.41, 5.74) is 1.67. The predicted octanol–water partition coefficient (Wildman–Crippen LogP) is 2.49. The molecule has 3 rings (SSSR count). The van der Waals surface area contributed by atoms with Gasteiger partial charge in [0.2, 0.25) is 11.8 Å². The number of aromatic nitrogens is 1. The average Bonchev–Trinajstić information content (AvgIpc) is 3.17. The fourth-order valence-electron chi connectivity index (χ4n) is 2.54. The molecule has 1 saturated heterocycles. The number of amides is 1. The van der Waals surface area contributed by atoms with E-state index in [1.165, 1.54) is 0 Å². The molecule has 22 heavy (non-hydrogen) atoms. The van der Waals surface area contributed by atoms with Gasteiger partial charge in [0, 0.05) is 18.7 Å². The Kier molecular flexibility index (Phi) is 4.53. The molecule has 1 aliphatic heterocycles. The molecule has 0 saturated carbocycles.